The molecule has 5 nitrogen and oxygen atoms in total. The Morgan fingerprint density at radius 2 is 2.29 bits per heavy atom. The second-order valence-corrected chi connectivity index (χ2v) is 2.87. The Morgan fingerprint density at radius 3 is 2.79 bits per heavy atom. The number of hydrogen-bond acceptors (Lipinski definition) is 4. The molecule has 0 aliphatic heterocycles. The van der Waals surface area contributed by atoms with Gasteiger partial charge in [-0.05, 0) is 15.9 Å². The second kappa shape index (κ2) is 4.27. The number of aromatic nitrogens is 1. The Hall–Kier alpha value is -1.31. The molecule has 0 N–H and O–H groups in total. The van der Waals surface area contributed by atoms with Crippen LogP contribution in [0.4, 0.5) is 14.5 Å². The summed E-state index contributed by atoms with van der Waals surface area (Å²) >= 11 is 2.82. The number of nitro groups is 1. The smallest absolute Gasteiger partial charge is 0.387 e. The van der Waals surface area contributed by atoms with Gasteiger partial charge in [0.1, 0.15) is 10.8 Å². The molecule has 0 bridgehead atoms. The van der Waals surface area contributed by atoms with Crippen LogP contribution < -0.4 is 4.74 Å². The van der Waals surface area contributed by atoms with Crippen LogP contribution in [-0.2, 0) is 0 Å². The van der Waals surface area contributed by atoms with E-state index in [1.807, 2.05) is 0 Å². The zero-order valence-electron chi connectivity index (χ0n) is 6.49. The minimum absolute atomic E-state index is 0.0107. The maximum Gasteiger partial charge on any atom is 0.387 e. The molecule has 0 radical (unpaired) electrons. The monoisotopic (exact) mass is 268 g/mol. The van der Waals surface area contributed by atoms with E-state index in [9.17, 15) is 18.9 Å². The first kappa shape index (κ1) is 10.8. The van der Waals surface area contributed by atoms with Gasteiger partial charge in [0.25, 0.3) is 5.69 Å². The van der Waals surface area contributed by atoms with Gasteiger partial charge in [0.2, 0.25) is 0 Å². The second-order valence-electron chi connectivity index (χ2n) is 2.12. The number of nitrogens with zero attached hydrogens (tertiary/aromatic N) is 2. The van der Waals surface area contributed by atoms with Crippen molar-refractivity contribution in [2.24, 2.45) is 0 Å². The maximum absolute atomic E-state index is 11.8. The molecule has 1 aromatic rings. The van der Waals surface area contributed by atoms with Crippen LogP contribution in [0.1, 0.15) is 0 Å². The molecule has 0 atom stereocenters. The Balaban J connectivity index is 3.02. The number of alkyl halides is 2. The van der Waals surface area contributed by atoms with Crippen molar-refractivity contribution in [1.29, 1.82) is 0 Å². The minimum Gasteiger partial charge on any atom is -0.432 e. The molecule has 0 aromatic carbocycles. The van der Waals surface area contributed by atoms with Crippen LogP contribution in [0.2, 0.25) is 0 Å². The first-order chi connectivity index (χ1) is 6.50. The summed E-state index contributed by atoms with van der Waals surface area (Å²) in [5.41, 5.74) is -0.413. The molecule has 0 unspecified atom stereocenters. The van der Waals surface area contributed by atoms with Crippen molar-refractivity contribution < 1.29 is 18.4 Å². The summed E-state index contributed by atoms with van der Waals surface area (Å²) in [5.74, 6) is -0.366. The fourth-order valence-electron chi connectivity index (χ4n) is 0.696. The quantitative estimate of drug-likeness (QED) is 0.480. The highest BCUT2D eigenvalue weighted by atomic mass is 79.9. The SMILES string of the molecule is O=[N+]([O-])c1cnc(Br)c(OC(F)F)c1. The van der Waals surface area contributed by atoms with E-state index in [-0.39, 0.29) is 10.4 Å². The highest BCUT2D eigenvalue weighted by Gasteiger charge is 2.14. The van der Waals surface area contributed by atoms with Gasteiger partial charge in [-0.25, -0.2) is 4.98 Å². The highest BCUT2D eigenvalue weighted by molar-refractivity contribution is 9.10. The highest BCUT2D eigenvalue weighted by Crippen LogP contribution is 2.27. The van der Waals surface area contributed by atoms with Crippen LogP contribution in [0, 0.1) is 10.1 Å². The fraction of sp³-hybridized carbons (Fsp3) is 0.167. The summed E-state index contributed by atoms with van der Waals surface area (Å²) < 4.78 is 27.6. The molecule has 0 spiro atoms. The van der Waals surface area contributed by atoms with Crippen LogP contribution >= 0.6 is 15.9 Å². The zero-order valence-corrected chi connectivity index (χ0v) is 8.07. The Labute approximate surface area is 85.0 Å². The van der Waals surface area contributed by atoms with Crippen LogP contribution in [0.3, 0.4) is 0 Å². The molecule has 14 heavy (non-hydrogen) atoms. The summed E-state index contributed by atoms with van der Waals surface area (Å²) in [7, 11) is 0. The minimum atomic E-state index is -3.05. The van der Waals surface area contributed by atoms with E-state index in [0.717, 1.165) is 12.3 Å². The van der Waals surface area contributed by atoms with Crippen molar-refractivity contribution in [2.45, 2.75) is 6.61 Å². The van der Waals surface area contributed by atoms with E-state index in [0.29, 0.717) is 0 Å². The number of ether oxygens (including phenoxy) is 1. The lowest BCUT2D eigenvalue weighted by Gasteiger charge is -2.04. The van der Waals surface area contributed by atoms with Crippen LogP contribution in [-0.4, -0.2) is 16.5 Å². The number of halogens is 3. The van der Waals surface area contributed by atoms with Crippen molar-refractivity contribution in [1.82, 2.24) is 4.98 Å². The van der Waals surface area contributed by atoms with E-state index in [4.69, 9.17) is 0 Å². The largest absolute Gasteiger partial charge is 0.432 e. The Morgan fingerprint density at radius 1 is 1.64 bits per heavy atom. The van der Waals surface area contributed by atoms with Gasteiger partial charge in [0.05, 0.1) is 11.0 Å². The normalized spacial score (nSPS) is 10.3. The van der Waals surface area contributed by atoms with Gasteiger partial charge in [-0.1, -0.05) is 0 Å². The van der Waals surface area contributed by atoms with Gasteiger partial charge < -0.3 is 4.74 Å². The van der Waals surface area contributed by atoms with Crippen molar-refractivity contribution in [3.05, 3.63) is 27.0 Å². The zero-order chi connectivity index (χ0) is 10.7. The molecule has 8 heteroatoms. The molecule has 1 rings (SSSR count). The van der Waals surface area contributed by atoms with Gasteiger partial charge in [-0.3, -0.25) is 10.1 Å². The predicted octanol–water partition coefficient (Wildman–Crippen LogP) is 2.35. The van der Waals surface area contributed by atoms with Crippen molar-refractivity contribution in [3.63, 3.8) is 0 Å². The predicted molar refractivity (Wildman–Crippen MR) is 45.2 cm³/mol. The standard InChI is InChI=1S/C6H3BrF2N2O3/c7-5-4(14-6(8)9)1-3(2-10-5)11(12)13/h1-2,6H. The van der Waals surface area contributed by atoms with Crippen LogP contribution in [0.5, 0.6) is 5.75 Å². The third-order valence-electron chi connectivity index (χ3n) is 1.22. The van der Waals surface area contributed by atoms with Crippen LogP contribution in [0.25, 0.3) is 0 Å². The molecular weight excluding hydrogens is 266 g/mol. The van der Waals surface area contributed by atoms with Gasteiger partial charge in [0.15, 0.2) is 5.75 Å². The van der Waals surface area contributed by atoms with Crippen molar-refractivity contribution in [2.75, 3.05) is 0 Å². The summed E-state index contributed by atoms with van der Waals surface area (Å²) in [4.78, 5) is 13.0. The molecule has 76 valence electrons. The third kappa shape index (κ3) is 2.59. The van der Waals surface area contributed by atoms with Gasteiger partial charge in [-0.15, -0.1) is 0 Å². The van der Waals surface area contributed by atoms with Crippen molar-refractivity contribution in [3.8, 4) is 5.75 Å². The molecule has 1 heterocycles. The fourth-order valence-corrected chi connectivity index (χ4v) is 1.01. The van der Waals surface area contributed by atoms with Crippen LogP contribution in [0.15, 0.2) is 16.9 Å². The van der Waals surface area contributed by atoms with E-state index in [2.05, 4.69) is 25.7 Å². The number of hydrogen-bond donors (Lipinski definition) is 0. The summed E-state index contributed by atoms with van der Waals surface area (Å²) in [5, 5.41) is 10.3. The molecule has 0 fully saturated rings. The average Bonchev–Trinajstić information content (AvgIpc) is 2.07. The Bertz CT molecular complexity index is 361. The molecule has 0 aliphatic rings. The molecule has 0 saturated carbocycles. The average molecular weight is 269 g/mol. The summed E-state index contributed by atoms with van der Waals surface area (Å²) in [6.45, 7) is -3.05. The Kier molecular flexibility index (Phi) is 3.28. The van der Waals surface area contributed by atoms with E-state index in [1.54, 1.807) is 0 Å². The van der Waals surface area contributed by atoms with Gasteiger partial charge in [-0.2, -0.15) is 8.78 Å². The van der Waals surface area contributed by atoms with E-state index in [1.165, 1.54) is 0 Å². The first-order valence-corrected chi connectivity index (χ1v) is 4.04. The summed E-state index contributed by atoms with van der Waals surface area (Å²) in [6.07, 6.45) is 0.933. The molecule has 1 aromatic heterocycles. The maximum atomic E-state index is 11.8. The summed E-state index contributed by atoms with van der Waals surface area (Å²) in [6, 6.07) is 0.864. The lowest BCUT2D eigenvalue weighted by Crippen LogP contribution is -2.03. The lowest BCUT2D eigenvalue weighted by molar-refractivity contribution is -0.385. The molecule has 0 amide bonds. The van der Waals surface area contributed by atoms with Gasteiger partial charge in [0, 0.05) is 0 Å². The lowest BCUT2D eigenvalue weighted by atomic mass is 10.4. The number of pyridine rings is 1. The first-order valence-electron chi connectivity index (χ1n) is 3.25. The molecule has 0 aliphatic carbocycles. The molecular formula is C6H3BrF2N2O3. The third-order valence-corrected chi connectivity index (χ3v) is 1.81. The molecule has 0 saturated heterocycles. The van der Waals surface area contributed by atoms with Crippen molar-refractivity contribution >= 4 is 21.6 Å². The van der Waals surface area contributed by atoms with Gasteiger partial charge >= 0.3 is 6.61 Å². The van der Waals surface area contributed by atoms with E-state index >= 15 is 0 Å². The van der Waals surface area contributed by atoms with E-state index < -0.39 is 17.2 Å². The topological polar surface area (TPSA) is 65.3 Å². The number of rotatable bonds is 3.